The Morgan fingerprint density at radius 3 is 2.86 bits per heavy atom. The number of aliphatic carboxylic acids is 1. The first-order chi connectivity index (χ1) is 9.98. The third kappa shape index (κ3) is 3.13. The molecule has 2 rings (SSSR count). The number of hydrogen-bond donors (Lipinski definition) is 2. The van der Waals surface area contributed by atoms with Crippen molar-refractivity contribution in [3.05, 3.63) is 33.9 Å². The highest BCUT2D eigenvalue weighted by molar-refractivity contribution is 5.76. The molecule has 114 valence electrons. The summed E-state index contributed by atoms with van der Waals surface area (Å²) in [7, 11) is 1.47. The van der Waals surface area contributed by atoms with Gasteiger partial charge in [0.05, 0.1) is 17.4 Å². The Bertz CT molecular complexity index is 552. The van der Waals surface area contributed by atoms with Gasteiger partial charge in [-0.05, 0) is 31.9 Å². The minimum Gasteiger partial charge on any atom is -0.496 e. The Morgan fingerprint density at radius 2 is 2.33 bits per heavy atom. The van der Waals surface area contributed by atoms with Crippen molar-refractivity contribution >= 4 is 11.7 Å². The average molecular weight is 294 g/mol. The molecule has 2 N–H and O–H groups in total. The Labute approximate surface area is 122 Å². The third-order valence-corrected chi connectivity index (χ3v) is 3.93. The van der Waals surface area contributed by atoms with Crippen LogP contribution in [0.2, 0.25) is 0 Å². The number of hydrogen-bond acceptors (Lipinski definition) is 5. The van der Waals surface area contributed by atoms with Gasteiger partial charge >= 0.3 is 5.97 Å². The number of methoxy groups -OCH3 is 1. The van der Waals surface area contributed by atoms with Crippen LogP contribution in [0.15, 0.2) is 18.2 Å². The predicted molar refractivity (Wildman–Crippen MR) is 75.5 cm³/mol. The second-order valence-corrected chi connectivity index (χ2v) is 5.30. The van der Waals surface area contributed by atoms with Crippen LogP contribution in [0.3, 0.4) is 0 Å². The summed E-state index contributed by atoms with van der Waals surface area (Å²) >= 11 is 0. The summed E-state index contributed by atoms with van der Waals surface area (Å²) in [5, 5.41) is 23.6. The van der Waals surface area contributed by atoms with Crippen molar-refractivity contribution in [1.29, 1.82) is 0 Å². The van der Waals surface area contributed by atoms with Gasteiger partial charge in [0.2, 0.25) is 0 Å². The summed E-state index contributed by atoms with van der Waals surface area (Å²) in [5.41, 5.74) is -0.450. The van der Waals surface area contributed by atoms with E-state index < -0.39 is 16.3 Å². The number of carboxylic acid groups (broad SMARTS) is 1. The van der Waals surface area contributed by atoms with E-state index in [4.69, 9.17) is 4.74 Å². The number of nitro groups is 1. The van der Waals surface area contributed by atoms with Gasteiger partial charge in [0.15, 0.2) is 0 Å². The van der Waals surface area contributed by atoms with E-state index in [9.17, 15) is 20.0 Å². The number of piperidine rings is 1. The Kier molecular flexibility index (Phi) is 4.42. The predicted octanol–water partition coefficient (Wildman–Crippen LogP) is 1.60. The standard InChI is InChI=1S/C14H18N2O5/c1-21-12-4-3-11(16(19)20)7-10(12)8-14(13(17)18)5-2-6-15-9-14/h3-4,7,15H,2,5-6,8-9H2,1H3,(H,17,18). The number of benzene rings is 1. The molecule has 1 aromatic rings. The Hall–Kier alpha value is -2.15. The fraction of sp³-hybridized carbons (Fsp3) is 0.500. The Balaban J connectivity index is 2.37. The molecule has 21 heavy (non-hydrogen) atoms. The van der Waals surface area contributed by atoms with E-state index in [1.54, 1.807) is 0 Å². The summed E-state index contributed by atoms with van der Waals surface area (Å²) in [4.78, 5) is 22.1. The smallest absolute Gasteiger partial charge is 0.311 e. The first-order valence-corrected chi connectivity index (χ1v) is 6.74. The van der Waals surface area contributed by atoms with Crippen LogP contribution in [0.25, 0.3) is 0 Å². The second kappa shape index (κ2) is 6.09. The van der Waals surface area contributed by atoms with Crippen molar-refractivity contribution in [1.82, 2.24) is 5.32 Å². The number of carbonyl (C=O) groups is 1. The zero-order chi connectivity index (χ0) is 15.5. The summed E-state index contributed by atoms with van der Waals surface area (Å²) in [6, 6.07) is 4.27. The quantitative estimate of drug-likeness (QED) is 0.631. The molecule has 0 radical (unpaired) electrons. The van der Waals surface area contributed by atoms with Gasteiger partial charge < -0.3 is 15.2 Å². The first-order valence-electron chi connectivity index (χ1n) is 6.74. The molecule has 1 atom stereocenters. The SMILES string of the molecule is COc1ccc([N+](=O)[O-])cc1CC1(C(=O)O)CCCNC1. The van der Waals surface area contributed by atoms with E-state index in [1.165, 1.54) is 25.3 Å². The topological polar surface area (TPSA) is 102 Å². The lowest BCUT2D eigenvalue weighted by atomic mass is 9.75. The van der Waals surface area contributed by atoms with Crippen LogP contribution in [-0.4, -0.2) is 36.2 Å². The van der Waals surface area contributed by atoms with Crippen molar-refractivity contribution in [2.24, 2.45) is 5.41 Å². The molecule has 0 aliphatic carbocycles. The van der Waals surface area contributed by atoms with Crippen LogP contribution in [-0.2, 0) is 11.2 Å². The highest BCUT2D eigenvalue weighted by Gasteiger charge is 2.40. The monoisotopic (exact) mass is 294 g/mol. The molecular weight excluding hydrogens is 276 g/mol. The van der Waals surface area contributed by atoms with E-state index in [0.717, 1.165) is 13.0 Å². The van der Waals surface area contributed by atoms with E-state index in [0.29, 0.717) is 24.3 Å². The van der Waals surface area contributed by atoms with E-state index in [-0.39, 0.29) is 12.1 Å². The molecule has 7 nitrogen and oxygen atoms in total. The number of nitrogens with zero attached hydrogens (tertiary/aromatic N) is 1. The van der Waals surface area contributed by atoms with Crippen LogP contribution in [0.1, 0.15) is 18.4 Å². The number of non-ortho nitro benzene ring substituents is 1. The third-order valence-electron chi connectivity index (χ3n) is 3.93. The number of ether oxygens (including phenoxy) is 1. The zero-order valence-electron chi connectivity index (χ0n) is 11.8. The molecule has 0 saturated carbocycles. The van der Waals surface area contributed by atoms with Crippen LogP contribution in [0.4, 0.5) is 5.69 Å². The van der Waals surface area contributed by atoms with Crippen molar-refractivity contribution in [2.45, 2.75) is 19.3 Å². The number of nitro benzene ring substituents is 1. The molecule has 1 aliphatic heterocycles. The minimum atomic E-state index is -0.944. The van der Waals surface area contributed by atoms with Gasteiger partial charge in [0, 0.05) is 24.2 Å². The number of carboxylic acids is 1. The largest absolute Gasteiger partial charge is 0.496 e. The lowest BCUT2D eigenvalue weighted by molar-refractivity contribution is -0.384. The molecule has 0 aromatic heterocycles. The van der Waals surface area contributed by atoms with Gasteiger partial charge in [-0.1, -0.05) is 0 Å². The summed E-state index contributed by atoms with van der Waals surface area (Å²) in [5.74, 6) is -0.407. The highest BCUT2D eigenvalue weighted by atomic mass is 16.6. The van der Waals surface area contributed by atoms with Crippen molar-refractivity contribution in [3.63, 3.8) is 0 Å². The molecule has 1 aromatic carbocycles. The summed E-state index contributed by atoms with van der Waals surface area (Å²) in [6.07, 6.45) is 1.52. The molecule has 0 amide bonds. The molecule has 1 fully saturated rings. The molecule has 1 aliphatic rings. The maximum absolute atomic E-state index is 11.7. The maximum atomic E-state index is 11.7. The van der Waals surface area contributed by atoms with Crippen molar-refractivity contribution in [2.75, 3.05) is 20.2 Å². The molecule has 0 spiro atoms. The average Bonchev–Trinajstić information content (AvgIpc) is 2.48. The van der Waals surface area contributed by atoms with E-state index >= 15 is 0 Å². The molecule has 1 heterocycles. The summed E-state index contributed by atoms with van der Waals surface area (Å²) < 4.78 is 5.21. The van der Waals surface area contributed by atoms with Crippen LogP contribution in [0.5, 0.6) is 5.75 Å². The molecule has 7 heteroatoms. The normalized spacial score (nSPS) is 21.8. The van der Waals surface area contributed by atoms with Gasteiger partial charge in [-0.2, -0.15) is 0 Å². The molecular formula is C14H18N2O5. The zero-order valence-corrected chi connectivity index (χ0v) is 11.8. The van der Waals surface area contributed by atoms with Gasteiger partial charge in [0.1, 0.15) is 5.75 Å². The highest BCUT2D eigenvalue weighted by Crippen LogP contribution is 2.35. The maximum Gasteiger partial charge on any atom is 0.311 e. The van der Waals surface area contributed by atoms with Gasteiger partial charge in [-0.3, -0.25) is 14.9 Å². The molecule has 1 unspecified atom stereocenters. The van der Waals surface area contributed by atoms with Crippen LogP contribution in [0, 0.1) is 15.5 Å². The van der Waals surface area contributed by atoms with Gasteiger partial charge in [0.25, 0.3) is 5.69 Å². The fourth-order valence-corrected chi connectivity index (χ4v) is 2.76. The van der Waals surface area contributed by atoms with E-state index in [1.807, 2.05) is 0 Å². The lowest BCUT2D eigenvalue weighted by Gasteiger charge is -2.34. The summed E-state index contributed by atoms with van der Waals surface area (Å²) in [6.45, 7) is 1.15. The second-order valence-electron chi connectivity index (χ2n) is 5.30. The van der Waals surface area contributed by atoms with Crippen molar-refractivity contribution < 1.29 is 19.6 Å². The number of nitrogens with one attached hydrogen (secondary N) is 1. The van der Waals surface area contributed by atoms with Crippen LogP contribution < -0.4 is 10.1 Å². The van der Waals surface area contributed by atoms with Gasteiger partial charge in [-0.15, -0.1) is 0 Å². The molecule has 1 saturated heterocycles. The number of rotatable bonds is 5. The van der Waals surface area contributed by atoms with Crippen molar-refractivity contribution in [3.8, 4) is 5.75 Å². The Morgan fingerprint density at radius 1 is 1.57 bits per heavy atom. The fourth-order valence-electron chi connectivity index (χ4n) is 2.76. The van der Waals surface area contributed by atoms with Crippen LogP contribution >= 0.6 is 0 Å². The first kappa shape index (κ1) is 15.2. The van der Waals surface area contributed by atoms with Gasteiger partial charge in [-0.25, -0.2) is 0 Å². The lowest BCUT2D eigenvalue weighted by Crippen LogP contribution is -2.47. The van der Waals surface area contributed by atoms with E-state index in [2.05, 4.69) is 5.32 Å². The minimum absolute atomic E-state index is 0.0601. The molecule has 0 bridgehead atoms.